The number of rotatable bonds is 5. The molecule has 1 aliphatic rings. The third-order valence-corrected chi connectivity index (χ3v) is 3.86. The van der Waals surface area contributed by atoms with E-state index in [9.17, 15) is 9.18 Å². The lowest BCUT2D eigenvalue weighted by atomic mass is 9.99. The zero-order chi connectivity index (χ0) is 15.2. The lowest BCUT2D eigenvalue weighted by molar-refractivity contribution is -0.117. The zero-order valence-corrected chi connectivity index (χ0v) is 12.8. The van der Waals surface area contributed by atoms with Crippen molar-refractivity contribution in [3.63, 3.8) is 0 Å². The predicted molar refractivity (Wildman–Crippen MR) is 82.9 cm³/mol. The van der Waals surface area contributed by atoms with Gasteiger partial charge >= 0.3 is 0 Å². The van der Waals surface area contributed by atoms with Gasteiger partial charge < -0.3 is 10.6 Å². The predicted octanol–water partition coefficient (Wildman–Crippen LogP) is 2.00. The Morgan fingerprint density at radius 3 is 3.05 bits per heavy atom. The second kappa shape index (κ2) is 7.52. The second-order valence-electron chi connectivity index (χ2n) is 5.92. The quantitative estimate of drug-likeness (QED) is 0.873. The molecule has 1 fully saturated rings. The number of likely N-dealkylation sites (N-methyl/N-ethyl adjacent to an activating group) is 1. The highest BCUT2D eigenvalue weighted by Crippen LogP contribution is 2.16. The van der Waals surface area contributed by atoms with Crippen molar-refractivity contribution in [2.75, 3.05) is 38.5 Å². The van der Waals surface area contributed by atoms with Crippen LogP contribution in [0, 0.1) is 18.7 Å². The Labute approximate surface area is 125 Å². The molecule has 1 aromatic rings. The molecule has 0 aromatic heterocycles. The monoisotopic (exact) mass is 293 g/mol. The van der Waals surface area contributed by atoms with E-state index in [1.807, 2.05) is 18.9 Å². The molecule has 21 heavy (non-hydrogen) atoms. The van der Waals surface area contributed by atoms with Gasteiger partial charge in [-0.2, -0.15) is 0 Å². The summed E-state index contributed by atoms with van der Waals surface area (Å²) in [6.07, 6.45) is 2.41. The molecule has 0 bridgehead atoms. The third kappa shape index (κ3) is 5.10. The Bertz CT molecular complexity index is 486. The molecule has 2 N–H and O–H groups in total. The van der Waals surface area contributed by atoms with Gasteiger partial charge in [-0.1, -0.05) is 6.07 Å². The average molecular weight is 293 g/mol. The SMILES string of the molecule is Cc1ccc(F)cc1NC(=O)CN(C)CC1CCCNC1. The van der Waals surface area contributed by atoms with E-state index in [-0.39, 0.29) is 11.7 Å². The molecule has 1 unspecified atom stereocenters. The average Bonchev–Trinajstić information content (AvgIpc) is 2.43. The molecule has 116 valence electrons. The fourth-order valence-electron chi connectivity index (χ4n) is 2.75. The Morgan fingerprint density at radius 2 is 2.33 bits per heavy atom. The third-order valence-electron chi connectivity index (χ3n) is 3.86. The molecule has 1 aromatic carbocycles. The van der Waals surface area contributed by atoms with Crippen molar-refractivity contribution in [2.45, 2.75) is 19.8 Å². The standard InChI is InChI=1S/C16H24FN3O/c1-12-5-6-14(17)8-15(12)19-16(21)11-20(2)10-13-4-3-7-18-9-13/h5-6,8,13,18H,3-4,7,9-11H2,1-2H3,(H,19,21). The summed E-state index contributed by atoms with van der Waals surface area (Å²) < 4.78 is 13.2. The van der Waals surface area contributed by atoms with Crippen LogP contribution in [-0.2, 0) is 4.79 Å². The number of anilines is 1. The van der Waals surface area contributed by atoms with Crippen molar-refractivity contribution in [1.82, 2.24) is 10.2 Å². The van der Waals surface area contributed by atoms with E-state index in [1.165, 1.54) is 25.0 Å². The first kappa shape index (κ1) is 15.9. The van der Waals surface area contributed by atoms with Gasteiger partial charge in [0.2, 0.25) is 5.91 Å². The normalized spacial score (nSPS) is 18.8. The topological polar surface area (TPSA) is 44.4 Å². The van der Waals surface area contributed by atoms with Gasteiger partial charge in [-0.05, 0) is 63.5 Å². The molecule has 5 heteroatoms. The summed E-state index contributed by atoms with van der Waals surface area (Å²) >= 11 is 0. The maximum Gasteiger partial charge on any atom is 0.238 e. The van der Waals surface area contributed by atoms with Crippen molar-refractivity contribution in [3.05, 3.63) is 29.6 Å². The minimum Gasteiger partial charge on any atom is -0.325 e. The fraction of sp³-hybridized carbons (Fsp3) is 0.562. The highest BCUT2D eigenvalue weighted by Gasteiger charge is 2.16. The first-order valence-corrected chi connectivity index (χ1v) is 7.50. The Morgan fingerprint density at radius 1 is 1.52 bits per heavy atom. The highest BCUT2D eigenvalue weighted by atomic mass is 19.1. The molecule has 1 heterocycles. The van der Waals surface area contributed by atoms with E-state index in [0.29, 0.717) is 18.2 Å². The number of hydrogen-bond donors (Lipinski definition) is 2. The summed E-state index contributed by atoms with van der Waals surface area (Å²) in [5, 5.41) is 6.16. The van der Waals surface area contributed by atoms with E-state index in [1.54, 1.807) is 6.07 Å². The van der Waals surface area contributed by atoms with Crippen LogP contribution in [0.4, 0.5) is 10.1 Å². The minimum absolute atomic E-state index is 0.102. The number of nitrogens with zero attached hydrogens (tertiary/aromatic N) is 1. The number of halogens is 1. The molecule has 0 spiro atoms. The van der Waals surface area contributed by atoms with Crippen LogP contribution in [-0.4, -0.2) is 44.0 Å². The van der Waals surface area contributed by atoms with Crippen LogP contribution in [0.1, 0.15) is 18.4 Å². The molecule has 0 radical (unpaired) electrons. The highest BCUT2D eigenvalue weighted by molar-refractivity contribution is 5.92. The van der Waals surface area contributed by atoms with E-state index in [0.717, 1.165) is 25.2 Å². The molecule has 1 atom stereocenters. The first-order chi connectivity index (χ1) is 10.0. The van der Waals surface area contributed by atoms with Crippen LogP contribution in [0.15, 0.2) is 18.2 Å². The maximum absolute atomic E-state index is 13.2. The summed E-state index contributed by atoms with van der Waals surface area (Å²) in [5.41, 5.74) is 1.41. The molecule has 2 rings (SSSR count). The largest absolute Gasteiger partial charge is 0.325 e. The number of carbonyl (C=O) groups excluding carboxylic acids is 1. The Hall–Kier alpha value is -1.46. The summed E-state index contributed by atoms with van der Waals surface area (Å²) in [4.78, 5) is 14.1. The molecule has 0 saturated carbocycles. The van der Waals surface area contributed by atoms with Gasteiger partial charge in [0.05, 0.1) is 6.54 Å². The van der Waals surface area contributed by atoms with E-state index >= 15 is 0 Å². The van der Waals surface area contributed by atoms with Crippen molar-refractivity contribution < 1.29 is 9.18 Å². The minimum atomic E-state index is -0.336. The van der Waals surface area contributed by atoms with E-state index in [4.69, 9.17) is 0 Å². The summed E-state index contributed by atoms with van der Waals surface area (Å²) in [5.74, 6) is 0.167. The molecule has 1 aliphatic heterocycles. The fourth-order valence-corrected chi connectivity index (χ4v) is 2.75. The van der Waals surface area contributed by atoms with Crippen molar-refractivity contribution in [1.29, 1.82) is 0 Å². The summed E-state index contributed by atoms with van der Waals surface area (Å²) in [7, 11) is 1.95. The Balaban J connectivity index is 1.81. The molecule has 4 nitrogen and oxygen atoms in total. The Kier molecular flexibility index (Phi) is 5.70. The molecular formula is C16H24FN3O. The lowest BCUT2D eigenvalue weighted by Gasteiger charge is -2.27. The van der Waals surface area contributed by atoms with E-state index in [2.05, 4.69) is 10.6 Å². The van der Waals surface area contributed by atoms with Gasteiger partial charge in [0, 0.05) is 12.2 Å². The number of amides is 1. The van der Waals surface area contributed by atoms with Gasteiger partial charge in [-0.25, -0.2) is 4.39 Å². The van der Waals surface area contributed by atoms with Crippen LogP contribution in [0.2, 0.25) is 0 Å². The number of carbonyl (C=O) groups is 1. The summed E-state index contributed by atoms with van der Waals surface area (Å²) in [6, 6.07) is 4.42. The van der Waals surface area contributed by atoms with Crippen molar-refractivity contribution in [3.8, 4) is 0 Å². The van der Waals surface area contributed by atoms with Crippen LogP contribution >= 0.6 is 0 Å². The van der Waals surface area contributed by atoms with Crippen LogP contribution < -0.4 is 10.6 Å². The van der Waals surface area contributed by atoms with Crippen molar-refractivity contribution in [2.24, 2.45) is 5.92 Å². The van der Waals surface area contributed by atoms with Crippen LogP contribution in [0.25, 0.3) is 0 Å². The van der Waals surface area contributed by atoms with Gasteiger partial charge in [0.1, 0.15) is 5.82 Å². The van der Waals surface area contributed by atoms with Crippen LogP contribution in [0.5, 0.6) is 0 Å². The molecule has 1 amide bonds. The molecule has 0 aliphatic carbocycles. The number of piperidine rings is 1. The maximum atomic E-state index is 13.2. The number of nitrogens with one attached hydrogen (secondary N) is 2. The number of hydrogen-bond acceptors (Lipinski definition) is 3. The van der Waals surface area contributed by atoms with E-state index < -0.39 is 0 Å². The smallest absolute Gasteiger partial charge is 0.238 e. The first-order valence-electron chi connectivity index (χ1n) is 7.50. The summed E-state index contributed by atoms with van der Waals surface area (Å²) in [6.45, 7) is 5.20. The number of aryl methyl sites for hydroxylation is 1. The van der Waals surface area contributed by atoms with Gasteiger partial charge in [-0.15, -0.1) is 0 Å². The molecular weight excluding hydrogens is 269 g/mol. The lowest BCUT2D eigenvalue weighted by Crippen LogP contribution is -2.39. The van der Waals surface area contributed by atoms with Crippen molar-refractivity contribution >= 4 is 11.6 Å². The number of benzene rings is 1. The second-order valence-corrected chi connectivity index (χ2v) is 5.92. The zero-order valence-electron chi connectivity index (χ0n) is 12.8. The van der Waals surface area contributed by atoms with Gasteiger partial charge in [-0.3, -0.25) is 9.69 Å². The van der Waals surface area contributed by atoms with Gasteiger partial charge in [0.15, 0.2) is 0 Å². The molecule has 1 saturated heterocycles. The van der Waals surface area contributed by atoms with Crippen LogP contribution in [0.3, 0.4) is 0 Å². The van der Waals surface area contributed by atoms with Gasteiger partial charge in [0.25, 0.3) is 0 Å².